The predicted octanol–water partition coefficient (Wildman–Crippen LogP) is 2.78. The highest BCUT2D eigenvalue weighted by Crippen LogP contribution is 2.27. The van der Waals surface area contributed by atoms with Crippen LogP contribution in [0.2, 0.25) is 0 Å². The first kappa shape index (κ1) is 17.4. The van der Waals surface area contributed by atoms with Crippen molar-refractivity contribution in [1.82, 2.24) is 10.2 Å². The second-order valence-corrected chi connectivity index (χ2v) is 6.54. The molecule has 23 heavy (non-hydrogen) atoms. The molecule has 124 valence electrons. The van der Waals surface area contributed by atoms with E-state index < -0.39 is 0 Å². The van der Waals surface area contributed by atoms with Gasteiger partial charge in [0.05, 0.1) is 0 Å². The summed E-state index contributed by atoms with van der Waals surface area (Å²) in [4.78, 5) is 25.3. The molecule has 0 saturated heterocycles. The van der Waals surface area contributed by atoms with E-state index in [1.807, 2.05) is 0 Å². The first-order chi connectivity index (χ1) is 11.0. The van der Waals surface area contributed by atoms with Gasteiger partial charge < -0.3 is 15.5 Å². The summed E-state index contributed by atoms with van der Waals surface area (Å²) in [5.74, 6) is 0.409. The Labute approximate surface area is 142 Å². The Bertz CT molecular complexity index is 578. The SMILES string of the molecule is CN(C)C(=O)c1ccc(NC(=S)NC(=O)CC2CCCC2)cc1. The normalized spacial score (nSPS) is 14.3. The number of amides is 2. The second kappa shape index (κ2) is 8.06. The number of anilines is 1. The highest BCUT2D eigenvalue weighted by atomic mass is 32.1. The quantitative estimate of drug-likeness (QED) is 0.832. The van der Waals surface area contributed by atoms with Crippen molar-refractivity contribution < 1.29 is 9.59 Å². The number of carbonyl (C=O) groups excluding carboxylic acids is 2. The van der Waals surface area contributed by atoms with E-state index in [4.69, 9.17) is 12.2 Å². The van der Waals surface area contributed by atoms with E-state index >= 15 is 0 Å². The lowest BCUT2D eigenvalue weighted by Crippen LogP contribution is -2.34. The lowest BCUT2D eigenvalue weighted by Gasteiger charge is -2.13. The first-order valence-electron chi connectivity index (χ1n) is 7.88. The van der Waals surface area contributed by atoms with Gasteiger partial charge in [-0.05, 0) is 55.2 Å². The van der Waals surface area contributed by atoms with Gasteiger partial charge in [-0.25, -0.2) is 0 Å². The maximum atomic E-state index is 11.9. The molecule has 1 saturated carbocycles. The smallest absolute Gasteiger partial charge is 0.253 e. The van der Waals surface area contributed by atoms with Crippen LogP contribution in [0.3, 0.4) is 0 Å². The molecule has 0 aliphatic heterocycles. The molecule has 2 amide bonds. The Morgan fingerprint density at radius 2 is 1.78 bits per heavy atom. The minimum absolute atomic E-state index is 0.0335. The molecular formula is C17H23N3O2S. The molecule has 1 aromatic carbocycles. The number of hydrogen-bond acceptors (Lipinski definition) is 3. The molecule has 0 heterocycles. The van der Waals surface area contributed by atoms with Crippen LogP contribution in [0.5, 0.6) is 0 Å². The third kappa shape index (κ3) is 5.32. The fourth-order valence-electron chi connectivity index (χ4n) is 2.77. The van der Waals surface area contributed by atoms with Gasteiger partial charge in [-0.3, -0.25) is 9.59 Å². The number of nitrogens with zero attached hydrogens (tertiary/aromatic N) is 1. The molecule has 0 aromatic heterocycles. The van der Waals surface area contributed by atoms with E-state index in [1.165, 1.54) is 17.7 Å². The van der Waals surface area contributed by atoms with Gasteiger partial charge in [0.25, 0.3) is 5.91 Å². The van der Waals surface area contributed by atoms with Crippen LogP contribution in [-0.2, 0) is 4.79 Å². The highest BCUT2D eigenvalue weighted by Gasteiger charge is 2.18. The summed E-state index contributed by atoms with van der Waals surface area (Å²) in [5, 5.41) is 5.98. The lowest BCUT2D eigenvalue weighted by molar-refractivity contribution is -0.120. The fraction of sp³-hybridized carbons (Fsp3) is 0.471. The molecular weight excluding hydrogens is 310 g/mol. The third-order valence-corrected chi connectivity index (χ3v) is 4.20. The van der Waals surface area contributed by atoms with Crippen molar-refractivity contribution >= 4 is 34.8 Å². The molecule has 0 atom stereocenters. The van der Waals surface area contributed by atoms with Crippen molar-refractivity contribution in [3.63, 3.8) is 0 Å². The van der Waals surface area contributed by atoms with Crippen molar-refractivity contribution in [2.45, 2.75) is 32.1 Å². The van der Waals surface area contributed by atoms with Gasteiger partial charge in [0.15, 0.2) is 5.11 Å². The van der Waals surface area contributed by atoms with Gasteiger partial charge in [-0.15, -0.1) is 0 Å². The zero-order valence-electron chi connectivity index (χ0n) is 13.6. The van der Waals surface area contributed by atoms with E-state index in [1.54, 1.807) is 38.4 Å². The van der Waals surface area contributed by atoms with Gasteiger partial charge in [0, 0.05) is 31.8 Å². The minimum Gasteiger partial charge on any atom is -0.345 e. The summed E-state index contributed by atoms with van der Waals surface area (Å²) in [7, 11) is 3.42. The molecule has 2 rings (SSSR count). The van der Waals surface area contributed by atoms with Gasteiger partial charge in [-0.2, -0.15) is 0 Å². The third-order valence-electron chi connectivity index (χ3n) is 4.00. The summed E-state index contributed by atoms with van der Waals surface area (Å²) in [6.07, 6.45) is 5.25. The summed E-state index contributed by atoms with van der Waals surface area (Å²) >= 11 is 5.16. The average Bonchev–Trinajstić information content (AvgIpc) is 2.99. The fourth-order valence-corrected chi connectivity index (χ4v) is 3.00. The Kier molecular flexibility index (Phi) is 6.10. The van der Waals surface area contributed by atoms with Crippen LogP contribution in [-0.4, -0.2) is 35.9 Å². The monoisotopic (exact) mass is 333 g/mol. The predicted molar refractivity (Wildman–Crippen MR) is 95.4 cm³/mol. The van der Waals surface area contributed by atoms with Crippen LogP contribution in [0.1, 0.15) is 42.5 Å². The number of nitrogens with one attached hydrogen (secondary N) is 2. The molecule has 0 radical (unpaired) electrons. The average molecular weight is 333 g/mol. The van der Waals surface area contributed by atoms with Crippen molar-refractivity contribution in [2.24, 2.45) is 5.92 Å². The lowest BCUT2D eigenvalue weighted by atomic mass is 10.0. The Morgan fingerprint density at radius 1 is 1.17 bits per heavy atom. The number of rotatable bonds is 4. The van der Waals surface area contributed by atoms with Gasteiger partial charge in [0.1, 0.15) is 0 Å². The maximum Gasteiger partial charge on any atom is 0.253 e. The molecule has 1 aliphatic rings. The zero-order valence-corrected chi connectivity index (χ0v) is 14.4. The van der Waals surface area contributed by atoms with E-state index in [0.29, 0.717) is 23.0 Å². The molecule has 1 aromatic rings. The van der Waals surface area contributed by atoms with Crippen LogP contribution >= 0.6 is 12.2 Å². The summed E-state index contributed by atoms with van der Waals surface area (Å²) in [5.41, 5.74) is 1.35. The van der Waals surface area contributed by atoms with Gasteiger partial charge >= 0.3 is 0 Å². The standard InChI is InChI=1S/C17H23N3O2S/c1-20(2)16(22)13-7-9-14(10-8-13)18-17(23)19-15(21)11-12-5-3-4-6-12/h7-10,12H,3-6,11H2,1-2H3,(H2,18,19,21,23). The summed E-state index contributed by atoms with van der Waals surface area (Å²) < 4.78 is 0. The van der Waals surface area contributed by atoms with Gasteiger partial charge in [-0.1, -0.05) is 12.8 Å². The molecule has 2 N–H and O–H groups in total. The van der Waals surface area contributed by atoms with Crippen molar-refractivity contribution in [1.29, 1.82) is 0 Å². The van der Waals surface area contributed by atoms with Crippen molar-refractivity contribution in [3.8, 4) is 0 Å². The Morgan fingerprint density at radius 3 is 2.35 bits per heavy atom. The van der Waals surface area contributed by atoms with Crippen molar-refractivity contribution in [3.05, 3.63) is 29.8 Å². The molecule has 0 bridgehead atoms. The van der Waals surface area contributed by atoms with E-state index in [-0.39, 0.29) is 11.8 Å². The number of hydrogen-bond donors (Lipinski definition) is 2. The van der Waals surface area contributed by atoms with E-state index in [0.717, 1.165) is 18.5 Å². The van der Waals surface area contributed by atoms with Crippen LogP contribution in [0, 0.1) is 5.92 Å². The molecule has 1 fully saturated rings. The number of benzene rings is 1. The van der Waals surface area contributed by atoms with Crippen molar-refractivity contribution in [2.75, 3.05) is 19.4 Å². The second-order valence-electron chi connectivity index (χ2n) is 6.13. The molecule has 6 heteroatoms. The largest absolute Gasteiger partial charge is 0.345 e. The highest BCUT2D eigenvalue weighted by molar-refractivity contribution is 7.80. The molecule has 5 nitrogen and oxygen atoms in total. The Balaban J connectivity index is 1.82. The first-order valence-corrected chi connectivity index (χ1v) is 8.29. The minimum atomic E-state index is -0.0519. The molecule has 0 spiro atoms. The van der Waals surface area contributed by atoms with Crippen LogP contribution in [0.15, 0.2) is 24.3 Å². The van der Waals surface area contributed by atoms with Crippen LogP contribution in [0.4, 0.5) is 5.69 Å². The van der Waals surface area contributed by atoms with Crippen LogP contribution < -0.4 is 10.6 Å². The van der Waals surface area contributed by atoms with E-state index in [9.17, 15) is 9.59 Å². The zero-order chi connectivity index (χ0) is 16.8. The van der Waals surface area contributed by atoms with Gasteiger partial charge in [0.2, 0.25) is 5.91 Å². The molecule has 1 aliphatic carbocycles. The number of carbonyl (C=O) groups is 2. The number of thiocarbonyl (C=S) groups is 1. The maximum absolute atomic E-state index is 11.9. The summed E-state index contributed by atoms with van der Waals surface area (Å²) in [6, 6.07) is 7.00. The Hall–Kier alpha value is -1.95. The topological polar surface area (TPSA) is 61.4 Å². The van der Waals surface area contributed by atoms with E-state index in [2.05, 4.69) is 10.6 Å². The van der Waals surface area contributed by atoms with Crippen LogP contribution in [0.25, 0.3) is 0 Å². The summed E-state index contributed by atoms with van der Waals surface area (Å²) in [6.45, 7) is 0. The molecule has 0 unspecified atom stereocenters.